The summed E-state index contributed by atoms with van der Waals surface area (Å²) in [6, 6.07) is 6.43. The lowest BCUT2D eigenvalue weighted by atomic mass is 9.83. The predicted molar refractivity (Wildman–Crippen MR) is 190 cm³/mol. The number of aryl methyl sites for hydroxylation is 1. The summed E-state index contributed by atoms with van der Waals surface area (Å²) in [5, 5.41) is 4.05. The van der Waals surface area contributed by atoms with E-state index in [2.05, 4.69) is 64.1 Å². The lowest BCUT2D eigenvalue weighted by molar-refractivity contribution is -0.126. The zero-order valence-electron chi connectivity index (χ0n) is 28.7. The maximum absolute atomic E-state index is 13.1. The molecule has 2 saturated heterocycles. The van der Waals surface area contributed by atoms with Gasteiger partial charge in [0, 0.05) is 55.7 Å². The van der Waals surface area contributed by atoms with Gasteiger partial charge in [-0.05, 0) is 86.9 Å². The van der Waals surface area contributed by atoms with Crippen LogP contribution in [0.4, 0.5) is 19.0 Å². The van der Waals surface area contributed by atoms with Crippen molar-refractivity contribution in [2.24, 2.45) is 5.92 Å². The highest BCUT2D eigenvalue weighted by atomic mass is 32.2. The first-order chi connectivity index (χ1) is 22.7. The standard InChI is InChI=1S/C36H48F3N5O2S2/c1-6-32-41-34(31-18-27(19-36(37,38)39)47-35(31)42-32)40-26-9-13-44(14-10-26)21-25-7-8-29-30(24(25)4)17-22(2)33(29)23(3)20-43-15-11-28(12-16-43)48(5,45)46/h7-8,17-18,23,26,28,33H,6,9-16,19-21H2,1-5H3,(H,40,41,42). The second kappa shape index (κ2) is 14.0. The van der Waals surface area contributed by atoms with Gasteiger partial charge in [0.2, 0.25) is 0 Å². The molecule has 48 heavy (non-hydrogen) atoms. The third-order valence-electron chi connectivity index (χ3n) is 10.6. The summed E-state index contributed by atoms with van der Waals surface area (Å²) >= 11 is 1.11. The van der Waals surface area contributed by atoms with E-state index in [0.717, 1.165) is 76.3 Å². The largest absolute Gasteiger partial charge is 0.393 e. The summed E-state index contributed by atoms with van der Waals surface area (Å²) < 4.78 is 63.3. The van der Waals surface area contributed by atoms with Gasteiger partial charge < -0.3 is 10.2 Å². The number of sulfone groups is 1. The number of nitrogens with zero attached hydrogens (tertiary/aromatic N) is 4. The maximum atomic E-state index is 13.1. The van der Waals surface area contributed by atoms with Crippen molar-refractivity contribution in [2.45, 2.75) is 96.2 Å². The number of thiophene rings is 1. The molecule has 1 aromatic carbocycles. The number of fused-ring (bicyclic) bond motifs is 2. The van der Waals surface area contributed by atoms with Crippen molar-refractivity contribution < 1.29 is 21.6 Å². The molecule has 7 nitrogen and oxygen atoms in total. The highest BCUT2D eigenvalue weighted by Gasteiger charge is 2.33. The topological polar surface area (TPSA) is 78.4 Å². The minimum Gasteiger partial charge on any atom is -0.367 e. The molecule has 6 rings (SSSR count). The Balaban J connectivity index is 1.06. The summed E-state index contributed by atoms with van der Waals surface area (Å²) in [4.78, 5) is 15.0. The first kappa shape index (κ1) is 35.3. The fraction of sp³-hybridized carbons (Fsp3) is 0.611. The van der Waals surface area contributed by atoms with Gasteiger partial charge in [-0.25, -0.2) is 18.4 Å². The van der Waals surface area contributed by atoms with Crippen LogP contribution in [0.2, 0.25) is 0 Å². The van der Waals surface area contributed by atoms with Gasteiger partial charge in [0.05, 0.1) is 17.1 Å². The molecule has 12 heteroatoms. The fourth-order valence-corrected chi connectivity index (χ4v) is 10.2. The molecule has 4 heterocycles. The minimum absolute atomic E-state index is 0.195. The quantitative estimate of drug-likeness (QED) is 0.236. The van der Waals surface area contributed by atoms with E-state index in [9.17, 15) is 21.6 Å². The number of nitrogens with one attached hydrogen (secondary N) is 1. The highest BCUT2D eigenvalue weighted by Crippen LogP contribution is 2.43. The molecule has 1 N–H and O–H groups in total. The molecule has 0 radical (unpaired) electrons. The monoisotopic (exact) mass is 703 g/mol. The maximum Gasteiger partial charge on any atom is 0.393 e. The predicted octanol–water partition coefficient (Wildman–Crippen LogP) is 7.39. The van der Waals surface area contributed by atoms with Crippen LogP contribution in [0.25, 0.3) is 16.3 Å². The summed E-state index contributed by atoms with van der Waals surface area (Å²) in [7, 11) is -2.97. The summed E-state index contributed by atoms with van der Waals surface area (Å²) in [5.74, 6) is 2.10. The Hall–Kier alpha value is -2.54. The summed E-state index contributed by atoms with van der Waals surface area (Å²) in [6.07, 6.45) is 2.47. The molecule has 0 bridgehead atoms. The third-order valence-corrected chi connectivity index (χ3v) is 13.3. The van der Waals surface area contributed by atoms with Crippen molar-refractivity contribution in [3.05, 3.63) is 56.7 Å². The van der Waals surface area contributed by atoms with Crippen LogP contribution in [0.15, 0.2) is 23.8 Å². The van der Waals surface area contributed by atoms with E-state index >= 15 is 0 Å². The molecular formula is C36H48F3N5O2S2. The highest BCUT2D eigenvalue weighted by molar-refractivity contribution is 7.91. The molecule has 262 valence electrons. The SMILES string of the molecule is CCc1nc(NC2CCN(Cc3ccc4c(c3C)C=C(C)C4C(C)CN3CCC(S(C)(=O)=O)CC3)CC2)c2cc(CC(F)(F)F)sc2n1. The van der Waals surface area contributed by atoms with Gasteiger partial charge in [-0.15, -0.1) is 11.3 Å². The van der Waals surface area contributed by atoms with Crippen LogP contribution in [0, 0.1) is 12.8 Å². The van der Waals surface area contributed by atoms with E-state index in [4.69, 9.17) is 0 Å². The number of benzene rings is 1. The average Bonchev–Trinajstić information content (AvgIpc) is 3.58. The second-order valence-corrected chi connectivity index (χ2v) is 17.7. The Labute approximate surface area is 286 Å². The molecule has 0 spiro atoms. The van der Waals surface area contributed by atoms with Gasteiger partial charge in [-0.2, -0.15) is 13.2 Å². The Morgan fingerprint density at radius 2 is 1.73 bits per heavy atom. The van der Waals surface area contributed by atoms with Crippen LogP contribution in [-0.2, 0) is 29.2 Å². The minimum atomic E-state index is -4.25. The molecule has 3 aromatic rings. The normalized spacial score (nSPS) is 21.1. The van der Waals surface area contributed by atoms with E-state index in [1.807, 2.05) is 6.92 Å². The molecule has 0 amide bonds. The molecule has 0 saturated carbocycles. The van der Waals surface area contributed by atoms with Crippen molar-refractivity contribution in [3.63, 3.8) is 0 Å². The van der Waals surface area contributed by atoms with Crippen molar-refractivity contribution in [1.82, 2.24) is 19.8 Å². The molecule has 2 unspecified atom stereocenters. The number of hydrogen-bond acceptors (Lipinski definition) is 8. The van der Waals surface area contributed by atoms with Gasteiger partial charge in [0.15, 0.2) is 0 Å². The van der Waals surface area contributed by atoms with Crippen molar-refractivity contribution >= 4 is 43.3 Å². The van der Waals surface area contributed by atoms with E-state index in [1.54, 1.807) is 6.07 Å². The molecule has 2 aromatic heterocycles. The molecule has 2 atom stereocenters. The zero-order valence-corrected chi connectivity index (χ0v) is 30.3. The number of rotatable bonds is 10. The Bertz CT molecular complexity index is 1770. The smallest absolute Gasteiger partial charge is 0.367 e. The van der Waals surface area contributed by atoms with Crippen LogP contribution in [0.3, 0.4) is 0 Å². The van der Waals surface area contributed by atoms with Crippen molar-refractivity contribution in [1.29, 1.82) is 0 Å². The lowest BCUT2D eigenvalue weighted by Gasteiger charge is -2.35. The zero-order chi connectivity index (χ0) is 34.4. The number of alkyl halides is 3. The summed E-state index contributed by atoms with van der Waals surface area (Å²) in [6.45, 7) is 14.2. The summed E-state index contributed by atoms with van der Waals surface area (Å²) in [5.41, 5.74) is 6.86. The van der Waals surface area contributed by atoms with E-state index < -0.39 is 22.4 Å². The number of hydrogen-bond donors (Lipinski definition) is 1. The second-order valence-electron chi connectivity index (χ2n) is 14.3. The van der Waals surface area contributed by atoms with E-state index in [0.29, 0.717) is 40.1 Å². The number of likely N-dealkylation sites (tertiary alicyclic amines) is 2. The van der Waals surface area contributed by atoms with Gasteiger partial charge >= 0.3 is 6.18 Å². The fourth-order valence-electron chi connectivity index (χ4n) is 8.02. The molecule has 2 fully saturated rings. The van der Waals surface area contributed by atoms with Crippen LogP contribution in [0.5, 0.6) is 0 Å². The molecular weight excluding hydrogens is 656 g/mol. The number of aromatic nitrogens is 2. The van der Waals surface area contributed by atoms with Gasteiger partial charge in [0.25, 0.3) is 0 Å². The number of allylic oxidation sites excluding steroid dienone is 1. The van der Waals surface area contributed by atoms with Crippen molar-refractivity contribution in [2.75, 3.05) is 44.3 Å². The number of piperidine rings is 2. The number of anilines is 1. The van der Waals surface area contributed by atoms with Gasteiger partial charge in [-0.3, -0.25) is 4.90 Å². The molecule has 2 aliphatic heterocycles. The van der Waals surface area contributed by atoms with Crippen LogP contribution in [0.1, 0.15) is 85.3 Å². The lowest BCUT2D eigenvalue weighted by Crippen LogP contribution is -2.41. The van der Waals surface area contributed by atoms with Crippen LogP contribution >= 0.6 is 11.3 Å². The Morgan fingerprint density at radius 1 is 1.04 bits per heavy atom. The first-order valence-corrected chi connectivity index (χ1v) is 20.0. The van der Waals surface area contributed by atoms with Crippen LogP contribution in [-0.4, -0.2) is 84.6 Å². The molecule has 3 aliphatic rings. The van der Waals surface area contributed by atoms with E-state index in [1.165, 1.54) is 34.1 Å². The van der Waals surface area contributed by atoms with Gasteiger partial charge in [-0.1, -0.05) is 37.6 Å². The Morgan fingerprint density at radius 3 is 2.38 bits per heavy atom. The van der Waals surface area contributed by atoms with Crippen molar-refractivity contribution in [3.8, 4) is 0 Å². The van der Waals surface area contributed by atoms with E-state index in [-0.39, 0.29) is 16.2 Å². The Kier molecular flexibility index (Phi) is 10.3. The number of halogens is 3. The van der Waals surface area contributed by atoms with Crippen LogP contribution < -0.4 is 5.32 Å². The molecule has 1 aliphatic carbocycles. The van der Waals surface area contributed by atoms with Gasteiger partial charge in [0.1, 0.15) is 26.3 Å². The third kappa shape index (κ3) is 7.92. The first-order valence-electron chi connectivity index (χ1n) is 17.2. The average molecular weight is 704 g/mol.